The number of carboxylic acid groups (broad SMARTS) is 1. The van der Waals surface area contributed by atoms with Gasteiger partial charge in [0.05, 0.1) is 5.56 Å². The SMILES string of the molecule is CNCCC#Cc1cnc(SC)nc1C(=O)O. The van der Waals surface area contributed by atoms with Gasteiger partial charge >= 0.3 is 5.97 Å². The summed E-state index contributed by atoms with van der Waals surface area (Å²) in [6.45, 7) is 0.763. The van der Waals surface area contributed by atoms with E-state index in [9.17, 15) is 4.79 Å². The Morgan fingerprint density at radius 2 is 2.41 bits per heavy atom. The minimum Gasteiger partial charge on any atom is -0.476 e. The zero-order valence-electron chi connectivity index (χ0n) is 9.65. The molecule has 17 heavy (non-hydrogen) atoms. The maximum Gasteiger partial charge on any atom is 0.355 e. The van der Waals surface area contributed by atoms with Crippen LogP contribution in [0.4, 0.5) is 0 Å². The first kappa shape index (κ1) is 13.5. The molecular weight excluding hydrogens is 238 g/mol. The molecule has 0 atom stereocenters. The Kier molecular flexibility index (Phi) is 5.46. The van der Waals surface area contributed by atoms with Gasteiger partial charge in [-0.2, -0.15) is 0 Å². The number of hydrogen-bond acceptors (Lipinski definition) is 5. The van der Waals surface area contributed by atoms with Gasteiger partial charge in [0.1, 0.15) is 0 Å². The van der Waals surface area contributed by atoms with Crippen LogP contribution in [0, 0.1) is 11.8 Å². The van der Waals surface area contributed by atoms with Crippen LogP contribution < -0.4 is 5.32 Å². The maximum atomic E-state index is 11.0. The molecular formula is C11H13N3O2S. The average molecular weight is 251 g/mol. The summed E-state index contributed by atoms with van der Waals surface area (Å²) < 4.78 is 0. The molecule has 0 aromatic carbocycles. The third-order valence-corrected chi connectivity index (χ3v) is 2.44. The average Bonchev–Trinajstić information content (AvgIpc) is 2.34. The third-order valence-electron chi connectivity index (χ3n) is 1.87. The lowest BCUT2D eigenvalue weighted by atomic mass is 10.2. The molecule has 0 aliphatic heterocycles. The number of carbonyl (C=O) groups is 1. The van der Waals surface area contributed by atoms with E-state index < -0.39 is 5.97 Å². The second kappa shape index (κ2) is 6.89. The lowest BCUT2D eigenvalue weighted by molar-refractivity contribution is 0.0689. The van der Waals surface area contributed by atoms with Gasteiger partial charge in [0, 0.05) is 19.2 Å². The Bertz CT molecular complexity index is 466. The number of hydrogen-bond donors (Lipinski definition) is 2. The molecule has 0 saturated carbocycles. The highest BCUT2D eigenvalue weighted by Gasteiger charge is 2.12. The van der Waals surface area contributed by atoms with Crippen LogP contribution in [0.25, 0.3) is 0 Å². The van der Waals surface area contributed by atoms with E-state index in [4.69, 9.17) is 5.11 Å². The van der Waals surface area contributed by atoms with E-state index in [0.29, 0.717) is 17.1 Å². The minimum absolute atomic E-state index is 0.0405. The summed E-state index contributed by atoms with van der Waals surface area (Å²) in [6.07, 6.45) is 3.90. The van der Waals surface area contributed by atoms with Crippen molar-refractivity contribution < 1.29 is 9.90 Å². The fourth-order valence-corrected chi connectivity index (χ4v) is 1.40. The van der Waals surface area contributed by atoms with Crippen LogP contribution >= 0.6 is 11.8 Å². The van der Waals surface area contributed by atoms with Crippen molar-refractivity contribution >= 4 is 17.7 Å². The van der Waals surface area contributed by atoms with Crippen molar-refractivity contribution in [2.24, 2.45) is 0 Å². The molecule has 2 N–H and O–H groups in total. The van der Waals surface area contributed by atoms with Crippen LogP contribution in [0.1, 0.15) is 22.5 Å². The van der Waals surface area contributed by atoms with Crippen LogP contribution in [0.3, 0.4) is 0 Å². The molecule has 6 heteroatoms. The Morgan fingerprint density at radius 3 is 3.00 bits per heavy atom. The van der Waals surface area contributed by atoms with Crippen molar-refractivity contribution in [2.45, 2.75) is 11.6 Å². The summed E-state index contributed by atoms with van der Waals surface area (Å²) in [5.74, 6) is 4.57. The van der Waals surface area contributed by atoms with Gasteiger partial charge < -0.3 is 10.4 Å². The van der Waals surface area contributed by atoms with Crippen LogP contribution in [0.5, 0.6) is 0 Å². The van der Waals surface area contributed by atoms with Gasteiger partial charge in [-0.25, -0.2) is 14.8 Å². The van der Waals surface area contributed by atoms with E-state index in [0.717, 1.165) is 6.54 Å². The van der Waals surface area contributed by atoms with Gasteiger partial charge in [-0.05, 0) is 13.3 Å². The first-order valence-corrected chi connectivity index (χ1v) is 6.19. The van der Waals surface area contributed by atoms with Crippen molar-refractivity contribution in [1.82, 2.24) is 15.3 Å². The number of aromatic nitrogens is 2. The smallest absolute Gasteiger partial charge is 0.355 e. The van der Waals surface area contributed by atoms with Crippen molar-refractivity contribution in [2.75, 3.05) is 19.8 Å². The lowest BCUT2D eigenvalue weighted by Crippen LogP contribution is -2.07. The molecule has 5 nitrogen and oxygen atoms in total. The van der Waals surface area contributed by atoms with E-state index >= 15 is 0 Å². The zero-order valence-corrected chi connectivity index (χ0v) is 10.5. The van der Waals surface area contributed by atoms with Crippen LogP contribution in [0.2, 0.25) is 0 Å². The normalized spacial score (nSPS) is 9.53. The summed E-state index contributed by atoms with van der Waals surface area (Å²) >= 11 is 1.30. The molecule has 0 saturated heterocycles. The minimum atomic E-state index is -1.08. The number of rotatable bonds is 4. The molecule has 90 valence electrons. The highest BCUT2D eigenvalue weighted by Crippen LogP contribution is 2.11. The van der Waals surface area contributed by atoms with E-state index in [1.165, 1.54) is 18.0 Å². The maximum absolute atomic E-state index is 11.0. The van der Waals surface area contributed by atoms with Gasteiger partial charge in [0.25, 0.3) is 0 Å². The first-order chi connectivity index (χ1) is 8.19. The topological polar surface area (TPSA) is 75.1 Å². The van der Waals surface area contributed by atoms with Crippen molar-refractivity contribution in [1.29, 1.82) is 0 Å². The van der Waals surface area contributed by atoms with Crippen LogP contribution in [-0.2, 0) is 0 Å². The molecule has 1 aromatic heterocycles. The van der Waals surface area contributed by atoms with Gasteiger partial charge in [0.15, 0.2) is 10.9 Å². The Morgan fingerprint density at radius 1 is 1.65 bits per heavy atom. The molecule has 1 aromatic rings. The second-order valence-corrected chi connectivity index (χ2v) is 3.85. The monoisotopic (exact) mass is 251 g/mol. The molecule has 0 fully saturated rings. The van der Waals surface area contributed by atoms with E-state index in [1.54, 1.807) is 6.26 Å². The fourth-order valence-electron chi connectivity index (χ4n) is 1.06. The van der Waals surface area contributed by atoms with Gasteiger partial charge in [-0.15, -0.1) is 0 Å². The van der Waals surface area contributed by atoms with Crippen LogP contribution in [0.15, 0.2) is 11.4 Å². The quantitative estimate of drug-likeness (QED) is 0.358. The molecule has 1 rings (SSSR count). The number of nitrogens with one attached hydrogen (secondary N) is 1. The number of thioether (sulfide) groups is 1. The summed E-state index contributed by atoms with van der Waals surface area (Å²) in [5.41, 5.74) is 0.313. The predicted octanol–water partition coefficient (Wildman–Crippen LogP) is 0.858. The largest absolute Gasteiger partial charge is 0.476 e. The fraction of sp³-hybridized carbons (Fsp3) is 0.364. The van der Waals surface area contributed by atoms with Crippen molar-refractivity contribution in [3.63, 3.8) is 0 Å². The lowest BCUT2D eigenvalue weighted by Gasteiger charge is -1.99. The predicted molar refractivity (Wildman–Crippen MR) is 66.2 cm³/mol. The molecule has 1 heterocycles. The zero-order chi connectivity index (χ0) is 12.7. The molecule has 0 bridgehead atoms. The Balaban J connectivity index is 2.97. The number of carboxylic acids is 1. The standard InChI is InChI=1S/C11H13N3O2S/c1-12-6-4-3-5-8-7-13-11(17-2)14-9(8)10(15)16/h7,12H,4,6H2,1-2H3,(H,15,16). The van der Waals surface area contributed by atoms with Crippen molar-refractivity contribution in [3.05, 3.63) is 17.5 Å². The molecule has 0 amide bonds. The third kappa shape index (κ3) is 4.06. The Hall–Kier alpha value is -1.58. The molecule has 0 unspecified atom stereocenters. The highest BCUT2D eigenvalue weighted by molar-refractivity contribution is 7.98. The summed E-state index contributed by atoms with van der Waals surface area (Å²) in [6, 6.07) is 0. The van der Waals surface area contributed by atoms with Gasteiger partial charge in [0.2, 0.25) is 0 Å². The molecule has 0 spiro atoms. The van der Waals surface area contributed by atoms with Crippen LogP contribution in [-0.4, -0.2) is 40.9 Å². The second-order valence-electron chi connectivity index (χ2n) is 3.08. The van der Waals surface area contributed by atoms with E-state index in [2.05, 4.69) is 27.1 Å². The van der Waals surface area contributed by atoms with E-state index in [1.807, 2.05) is 7.05 Å². The summed E-state index contributed by atoms with van der Waals surface area (Å²) in [7, 11) is 1.83. The Labute approximate surface area is 104 Å². The molecule has 0 aliphatic rings. The van der Waals surface area contributed by atoms with Crippen molar-refractivity contribution in [3.8, 4) is 11.8 Å². The van der Waals surface area contributed by atoms with Gasteiger partial charge in [-0.1, -0.05) is 23.6 Å². The van der Waals surface area contributed by atoms with E-state index in [-0.39, 0.29) is 5.69 Å². The summed E-state index contributed by atoms with van der Waals surface area (Å²) in [4.78, 5) is 18.9. The summed E-state index contributed by atoms with van der Waals surface area (Å²) in [5, 5.41) is 12.4. The highest BCUT2D eigenvalue weighted by atomic mass is 32.2. The molecule has 0 aliphatic carbocycles. The first-order valence-electron chi connectivity index (χ1n) is 4.96. The number of nitrogens with zero attached hydrogens (tertiary/aromatic N) is 2. The molecule has 0 radical (unpaired) electrons. The number of aromatic carboxylic acids is 1. The van der Waals surface area contributed by atoms with Gasteiger partial charge in [-0.3, -0.25) is 0 Å².